The van der Waals surface area contributed by atoms with Crippen molar-refractivity contribution < 1.29 is 24.5 Å². The summed E-state index contributed by atoms with van der Waals surface area (Å²) in [7, 11) is 0. The van der Waals surface area contributed by atoms with E-state index in [2.05, 4.69) is 21.9 Å². The van der Waals surface area contributed by atoms with Crippen LogP contribution in [0.15, 0.2) is 12.7 Å². The number of hydrogen-bond donors (Lipinski definition) is 2. The van der Waals surface area contributed by atoms with Crippen molar-refractivity contribution in [2.24, 2.45) is 0 Å². The number of aromatic nitrogens is 4. The highest BCUT2D eigenvalue weighted by molar-refractivity contribution is 5.75. The summed E-state index contributed by atoms with van der Waals surface area (Å²) >= 11 is 0. The molecule has 9 nitrogen and oxygen atoms in total. The normalized spacial score (nSPS) is 19.6. The molecular weight excluding hydrogens is 472 g/mol. The minimum Gasteiger partial charge on any atom is -0.492 e. The first kappa shape index (κ1) is 29.3. The van der Waals surface area contributed by atoms with Crippen molar-refractivity contribution in [3.05, 3.63) is 12.7 Å². The Morgan fingerprint density at radius 3 is 2.14 bits per heavy atom. The highest BCUT2D eigenvalue weighted by Gasteiger charge is 2.39. The van der Waals surface area contributed by atoms with E-state index in [-0.39, 0.29) is 24.0 Å². The molecular formula is C28H46N4O5. The molecule has 0 amide bonds. The van der Waals surface area contributed by atoms with Crippen LogP contribution in [0.1, 0.15) is 122 Å². The number of ether oxygens (including phenoxy) is 2. The Kier molecular flexibility index (Phi) is 13.1. The number of imidazole rings is 1. The van der Waals surface area contributed by atoms with E-state index in [0.29, 0.717) is 18.5 Å². The molecule has 0 spiro atoms. The predicted molar refractivity (Wildman–Crippen MR) is 142 cm³/mol. The number of unbranched alkanes of at least 4 members (excludes halogenated alkanes) is 14. The lowest BCUT2D eigenvalue weighted by Gasteiger charge is -2.20. The lowest BCUT2D eigenvalue weighted by Crippen LogP contribution is -2.25. The smallest absolute Gasteiger partial charge is 0.306 e. The molecule has 3 rings (SSSR count). The fraction of sp³-hybridized carbons (Fsp3) is 0.786. The lowest BCUT2D eigenvalue weighted by molar-refractivity contribution is -0.155. The van der Waals surface area contributed by atoms with Gasteiger partial charge in [-0.25, -0.2) is 9.97 Å². The molecule has 2 N–H and O–H groups in total. The quantitative estimate of drug-likeness (QED) is 0.172. The zero-order valence-electron chi connectivity index (χ0n) is 22.5. The summed E-state index contributed by atoms with van der Waals surface area (Å²) in [5.41, 5.74) is 0.640. The number of aromatic hydroxyl groups is 1. The third-order valence-corrected chi connectivity index (χ3v) is 7.23. The molecule has 2 aromatic rings. The number of fused-ring (bicyclic) bond motifs is 1. The van der Waals surface area contributed by atoms with Gasteiger partial charge in [0.2, 0.25) is 5.88 Å². The Labute approximate surface area is 221 Å². The molecule has 1 saturated heterocycles. The Morgan fingerprint density at radius 2 is 1.54 bits per heavy atom. The Balaban J connectivity index is 1.27. The van der Waals surface area contributed by atoms with Crippen LogP contribution < -0.4 is 0 Å². The minimum atomic E-state index is -0.665. The molecule has 1 aliphatic heterocycles. The van der Waals surface area contributed by atoms with E-state index in [1.165, 1.54) is 89.7 Å². The number of nitrogens with zero attached hydrogens (tertiary/aromatic N) is 4. The highest BCUT2D eigenvalue weighted by Crippen LogP contribution is 2.34. The lowest BCUT2D eigenvalue weighted by atomic mass is 10.0. The second-order valence-electron chi connectivity index (χ2n) is 10.3. The van der Waals surface area contributed by atoms with Gasteiger partial charge in [0.25, 0.3) is 0 Å². The predicted octanol–water partition coefficient (Wildman–Crippen LogP) is 5.99. The topological polar surface area (TPSA) is 120 Å². The first-order valence-corrected chi connectivity index (χ1v) is 14.5. The van der Waals surface area contributed by atoms with Crippen LogP contribution in [-0.4, -0.2) is 54.5 Å². The molecule has 9 heteroatoms. The molecule has 0 unspecified atom stereocenters. The molecule has 3 atom stereocenters. The van der Waals surface area contributed by atoms with Crippen LogP contribution in [0.25, 0.3) is 11.2 Å². The third-order valence-electron chi connectivity index (χ3n) is 7.23. The maximum atomic E-state index is 12.5. The van der Waals surface area contributed by atoms with Gasteiger partial charge in [-0.05, 0) is 6.42 Å². The van der Waals surface area contributed by atoms with Crippen molar-refractivity contribution >= 4 is 17.1 Å². The van der Waals surface area contributed by atoms with Crippen molar-refractivity contribution in [1.82, 2.24) is 19.5 Å². The summed E-state index contributed by atoms with van der Waals surface area (Å²) in [5, 5.41) is 19.5. The van der Waals surface area contributed by atoms with E-state index < -0.39 is 18.4 Å². The van der Waals surface area contributed by atoms with Gasteiger partial charge in [0, 0.05) is 12.8 Å². The first-order valence-electron chi connectivity index (χ1n) is 14.5. The van der Waals surface area contributed by atoms with Crippen LogP contribution in [0.2, 0.25) is 0 Å². The van der Waals surface area contributed by atoms with Crippen molar-refractivity contribution in [1.29, 1.82) is 0 Å². The maximum Gasteiger partial charge on any atom is 0.306 e. The van der Waals surface area contributed by atoms with Crippen LogP contribution in [0, 0.1) is 0 Å². The van der Waals surface area contributed by atoms with Gasteiger partial charge < -0.3 is 19.7 Å². The summed E-state index contributed by atoms with van der Waals surface area (Å²) in [4.78, 5) is 24.6. The Hall–Kier alpha value is -2.26. The van der Waals surface area contributed by atoms with Crippen LogP contribution >= 0.6 is 0 Å². The van der Waals surface area contributed by atoms with Gasteiger partial charge in [0.1, 0.15) is 12.4 Å². The van der Waals surface area contributed by atoms with Gasteiger partial charge in [-0.3, -0.25) is 9.36 Å². The van der Waals surface area contributed by atoms with Crippen molar-refractivity contribution in [2.45, 2.75) is 135 Å². The summed E-state index contributed by atoms with van der Waals surface area (Å²) in [6.07, 6.45) is 21.0. The number of hydrogen-bond acceptors (Lipinski definition) is 8. The summed E-state index contributed by atoms with van der Waals surface area (Å²) in [6, 6.07) is 0. The van der Waals surface area contributed by atoms with Crippen LogP contribution in [-0.2, 0) is 14.3 Å². The average molecular weight is 519 g/mol. The second kappa shape index (κ2) is 16.6. The van der Waals surface area contributed by atoms with Crippen LogP contribution in [0.4, 0.5) is 0 Å². The van der Waals surface area contributed by atoms with Gasteiger partial charge in [-0.1, -0.05) is 96.8 Å². The number of carbonyl (C=O) groups excluding carboxylic acids is 1. The van der Waals surface area contributed by atoms with Crippen LogP contribution in [0.5, 0.6) is 5.88 Å². The molecule has 2 aromatic heterocycles. The maximum absolute atomic E-state index is 12.5. The standard InChI is InChI=1S/C28H46N4O5/c1-2-3-4-5-6-7-8-9-10-11-12-13-14-15-16-17-24(34)37-23-18-22(19-33)36-28(23)32-21-31-25-26(32)29-20-30-27(25)35/h20-23,28,33H,2-19H2,1H3,(H,29,30,35)/t22-,23+,28+/m0/s1. The van der Waals surface area contributed by atoms with E-state index in [0.717, 1.165) is 19.3 Å². The highest BCUT2D eigenvalue weighted by atomic mass is 16.6. The van der Waals surface area contributed by atoms with E-state index in [1.54, 1.807) is 4.57 Å². The SMILES string of the molecule is CCCCCCCCCCCCCCCCCC(=O)O[C@@H]1C[C@@H](CO)O[C@H]1n1cnc2c(O)ncnc21. The van der Waals surface area contributed by atoms with E-state index in [1.807, 2.05) is 0 Å². The van der Waals surface area contributed by atoms with E-state index >= 15 is 0 Å². The number of carbonyl (C=O) groups is 1. The average Bonchev–Trinajstić information content (AvgIpc) is 3.51. The molecule has 1 aliphatic rings. The molecule has 0 bridgehead atoms. The second-order valence-corrected chi connectivity index (χ2v) is 10.3. The zero-order valence-corrected chi connectivity index (χ0v) is 22.5. The molecule has 3 heterocycles. The zero-order chi connectivity index (χ0) is 26.3. The molecule has 0 aromatic carbocycles. The van der Waals surface area contributed by atoms with Gasteiger partial charge in [-0.2, -0.15) is 4.98 Å². The van der Waals surface area contributed by atoms with Gasteiger partial charge in [0.15, 0.2) is 17.4 Å². The molecule has 37 heavy (non-hydrogen) atoms. The molecule has 0 radical (unpaired) electrons. The van der Waals surface area contributed by atoms with Crippen molar-refractivity contribution in [3.8, 4) is 5.88 Å². The number of aliphatic hydroxyl groups is 1. The molecule has 208 valence electrons. The molecule has 0 aliphatic carbocycles. The van der Waals surface area contributed by atoms with E-state index in [4.69, 9.17) is 9.47 Å². The molecule has 1 fully saturated rings. The molecule has 0 saturated carbocycles. The fourth-order valence-electron chi connectivity index (χ4n) is 5.08. The summed E-state index contributed by atoms with van der Waals surface area (Å²) < 4.78 is 13.3. The van der Waals surface area contributed by atoms with Crippen molar-refractivity contribution in [3.63, 3.8) is 0 Å². The van der Waals surface area contributed by atoms with E-state index in [9.17, 15) is 15.0 Å². The number of aliphatic hydroxyl groups excluding tert-OH is 1. The monoisotopic (exact) mass is 518 g/mol. The number of rotatable bonds is 19. The Bertz CT molecular complexity index is 921. The minimum absolute atomic E-state index is 0.170. The first-order chi connectivity index (χ1) is 18.1. The summed E-state index contributed by atoms with van der Waals surface area (Å²) in [5.74, 6) is -0.476. The summed E-state index contributed by atoms with van der Waals surface area (Å²) in [6.45, 7) is 2.09. The van der Waals surface area contributed by atoms with Gasteiger partial charge >= 0.3 is 5.97 Å². The third kappa shape index (κ3) is 9.52. The Morgan fingerprint density at radius 1 is 0.946 bits per heavy atom. The fourth-order valence-corrected chi connectivity index (χ4v) is 5.08. The van der Waals surface area contributed by atoms with Crippen molar-refractivity contribution in [2.75, 3.05) is 6.61 Å². The van der Waals surface area contributed by atoms with Gasteiger partial charge in [-0.15, -0.1) is 0 Å². The number of esters is 1. The largest absolute Gasteiger partial charge is 0.492 e. The van der Waals surface area contributed by atoms with Crippen LogP contribution in [0.3, 0.4) is 0 Å². The van der Waals surface area contributed by atoms with Gasteiger partial charge in [0.05, 0.1) is 19.0 Å².